The molecule has 4 aromatic carbocycles. The molecule has 9 heteroatoms. The van der Waals surface area contributed by atoms with Crippen LogP contribution in [0.1, 0.15) is 10.4 Å². The predicted molar refractivity (Wildman–Crippen MR) is 162 cm³/mol. The van der Waals surface area contributed by atoms with E-state index < -0.39 is 0 Å². The smallest absolute Gasteiger partial charge is 0.255 e. The van der Waals surface area contributed by atoms with Gasteiger partial charge in [-0.3, -0.25) is 4.79 Å². The van der Waals surface area contributed by atoms with E-state index >= 15 is 0 Å². The van der Waals surface area contributed by atoms with E-state index in [0.717, 1.165) is 27.5 Å². The van der Waals surface area contributed by atoms with Gasteiger partial charge < -0.3 is 29.7 Å². The zero-order valence-corrected chi connectivity index (χ0v) is 23.8. The van der Waals surface area contributed by atoms with Crippen LogP contribution in [0.25, 0.3) is 11.1 Å². The van der Waals surface area contributed by atoms with Gasteiger partial charge in [-0.2, -0.15) is 0 Å². The fourth-order valence-corrected chi connectivity index (χ4v) is 4.85. The van der Waals surface area contributed by atoms with Crippen LogP contribution in [0.5, 0.6) is 11.5 Å². The van der Waals surface area contributed by atoms with Crippen molar-refractivity contribution in [1.29, 1.82) is 0 Å². The minimum absolute atomic E-state index is 0.194. The monoisotopic (exact) mass is 560 g/mol. The lowest BCUT2D eigenvalue weighted by molar-refractivity contribution is 0.0952. The summed E-state index contributed by atoms with van der Waals surface area (Å²) in [6, 6.07) is 25.6. The van der Waals surface area contributed by atoms with Gasteiger partial charge in [-0.25, -0.2) is 4.39 Å². The Morgan fingerprint density at radius 3 is 2.35 bits per heavy atom. The van der Waals surface area contributed by atoms with Gasteiger partial charge in [0.05, 0.1) is 24.7 Å². The summed E-state index contributed by atoms with van der Waals surface area (Å²) in [7, 11) is 7.02. The first kappa shape index (κ1) is 28.6. The Morgan fingerprint density at radius 2 is 1.60 bits per heavy atom. The van der Waals surface area contributed by atoms with Crippen LogP contribution in [-0.4, -0.2) is 47.3 Å². The molecule has 0 bridgehead atoms. The average Bonchev–Trinajstić information content (AvgIpc) is 2.98. The first-order valence-corrected chi connectivity index (χ1v) is 13.5. The molecule has 0 atom stereocenters. The number of nitrogens with one attached hydrogen (secondary N) is 3. The van der Waals surface area contributed by atoms with Crippen LogP contribution < -0.4 is 29.7 Å². The SMILES string of the molecule is COc1ccc(-c2ccccc2F)cc1SNc1cccc(NCCNC(=O)c2cc(N(C)C)ccc2OC)c1. The highest BCUT2D eigenvalue weighted by Gasteiger charge is 2.14. The third-order valence-electron chi connectivity index (χ3n) is 6.17. The summed E-state index contributed by atoms with van der Waals surface area (Å²) in [6.07, 6.45) is 0. The molecule has 7 nitrogen and oxygen atoms in total. The van der Waals surface area contributed by atoms with Gasteiger partial charge in [0.2, 0.25) is 0 Å². The normalized spacial score (nSPS) is 10.5. The lowest BCUT2D eigenvalue weighted by Crippen LogP contribution is -2.29. The summed E-state index contributed by atoms with van der Waals surface area (Å²) in [5.41, 5.74) is 4.50. The number of amides is 1. The van der Waals surface area contributed by atoms with Crippen molar-refractivity contribution in [2.45, 2.75) is 4.90 Å². The van der Waals surface area contributed by atoms with Gasteiger partial charge in [-0.15, -0.1) is 0 Å². The van der Waals surface area contributed by atoms with Crippen molar-refractivity contribution < 1.29 is 18.7 Å². The lowest BCUT2D eigenvalue weighted by atomic mass is 10.1. The topological polar surface area (TPSA) is 74.9 Å². The minimum Gasteiger partial charge on any atom is -0.496 e. The fourth-order valence-electron chi connectivity index (χ4n) is 4.06. The molecule has 0 spiro atoms. The second-order valence-electron chi connectivity index (χ2n) is 9.09. The van der Waals surface area contributed by atoms with Crippen LogP contribution in [0.2, 0.25) is 0 Å². The quantitative estimate of drug-likeness (QED) is 0.134. The van der Waals surface area contributed by atoms with Gasteiger partial charge in [-0.1, -0.05) is 30.3 Å². The van der Waals surface area contributed by atoms with Crippen molar-refractivity contribution in [1.82, 2.24) is 5.32 Å². The van der Waals surface area contributed by atoms with E-state index in [2.05, 4.69) is 15.4 Å². The van der Waals surface area contributed by atoms with Gasteiger partial charge in [0.1, 0.15) is 17.3 Å². The molecule has 0 unspecified atom stereocenters. The first-order chi connectivity index (χ1) is 19.4. The highest BCUT2D eigenvalue weighted by Crippen LogP contribution is 2.35. The summed E-state index contributed by atoms with van der Waals surface area (Å²) in [5.74, 6) is 0.757. The van der Waals surface area contributed by atoms with Crippen LogP contribution in [0.4, 0.5) is 21.5 Å². The van der Waals surface area contributed by atoms with Gasteiger partial charge in [0, 0.05) is 49.8 Å². The van der Waals surface area contributed by atoms with E-state index in [1.54, 1.807) is 32.4 Å². The van der Waals surface area contributed by atoms with Crippen molar-refractivity contribution in [3.8, 4) is 22.6 Å². The molecule has 208 valence electrons. The molecule has 0 saturated carbocycles. The number of anilines is 3. The maximum Gasteiger partial charge on any atom is 0.255 e. The number of rotatable bonds is 12. The standard InChI is InChI=1S/C31H33FN4O3S/c1-36(2)24-13-15-28(38-3)26(20-24)31(37)34-17-16-33-22-8-7-9-23(19-22)35-40-30-18-21(12-14-29(30)39-4)25-10-5-6-11-27(25)32/h5-15,18-20,33,35H,16-17H2,1-4H3,(H,34,37). The summed E-state index contributed by atoms with van der Waals surface area (Å²) >= 11 is 1.39. The van der Waals surface area contributed by atoms with Gasteiger partial charge >= 0.3 is 0 Å². The molecule has 0 radical (unpaired) electrons. The maximum absolute atomic E-state index is 14.3. The van der Waals surface area contributed by atoms with Crippen molar-refractivity contribution in [2.75, 3.05) is 56.3 Å². The molecule has 4 aromatic rings. The third kappa shape index (κ3) is 7.18. The highest BCUT2D eigenvalue weighted by molar-refractivity contribution is 8.00. The Labute approximate surface area is 238 Å². The summed E-state index contributed by atoms with van der Waals surface area (Å²) in [5, 5.41) is 6.28. The molecule has 0 aliphatic heterocycles. The Balaban J connectivity index is 1.34. The Bertz CT molecular complexity index is 1460. The average molecular weight is 561 g/mol. The number of benzene rings is 4. The second kappa shape index (κ2) is 13.6. The number of ether oxygens (including phenoxy) is 2. The third-order valence-corrected chi connectivity index (χ3v) is 7.05. The molecule has 3 N–H and O–H groups in total. The Kier molecular flexibility index (Phi) is 9.75. The molecular weight excluding hydrogens is 527 g/mol. The van der Waals surface area contributed by atoms with Crippen LogP contribution in [-0.2, 0) is 0 Å². The molecule has 0 aromatic heterocycles. The molecular formula is C31H33FN4O3S. The Hall–Kier alpha value is -4.37. The van der Waals surface area contributed by atoms with Crippen molar-refractivity contribution in [3.05, 3.63) is 96.3 Å². The maximum atomic E-state index is 14.3. The van der Waals surface area contributed by atoms with Crippen molar-refractivity contribution in [2.24, 2.45) is 0 Å². The number of hydrogen-bond donors (Lipinski definition) is 3. The van der Waals surface area contributed by atoms with Crippen LogP contribution in [0.3, 0.4) is 0 Å². The number of carbonyl (C=O) groups excluding carboxylic acids is 1. The first-order valence-electron chi connectivity index (χ1n) is 12.7. The number of hydrogen-bond acceptors (Lipinski definition) is 7. The zero-order chi connectivity index (χ0) is 28.5. The second-order valence-corrected chi connectivity index (χ2v) is 9.94. The molecule has 0 saturated heterocycles. The summed E-state index contributed by atoms with van der Waals surface area (Å²) < 4.78 is 28.6. The van der Waals surface area contributed by atoms with Gasteiger partial charge in [-0.05, 0) is 72.1 Å². The van der Waals surface area contributed by atoms with E-state index in [4.69, 9.17) is 9.47 Å². The molecule has 40 heavy (non-hydrogen) atoms. The lowest BCUT2D eigenvalue weighted by Gasteiger charge is -2.16. The van der Waals surface area contributed by atoms with Crippen LogP contribution in [0.15, 0.2) is 89.8 Å². The molecule has 4 rings (SSSR count). The van der Waals surface area contributed by atoms with Crippen LogP contribution in [0, 0.1) is 5.82 Å². The Morgan fingerprint density at radius 1 is 0.850 bits per heavy atom. The van der Waals surface area contributed by atoms with E-state index in [9.17, 15) is 9.18 Å². The number of halogens is 1. The molecule has 0 heterocycles. The van der Waals surface area contributed by atoms with Crippen molar-refractivity contribution in [3.63, 3.8) is 0 Å². The van der Waals surface area contributed by atoms with E-state index in [1.807, 2.05) is 79.7 Å². The molecule has 0 aliphatic carbocycles. The minimum atomic E-state index is -0.271. The number of methoxy groups -OCH3 is 2. The van der Waals surface area contributed by atoms with Gasteiger partial charge in [0.25, 0.3) is 5.91 Å². The summed E-state index contributed by atoms with van der Waals surface area (Å²) in [6.45, 7) is 0.969. The van der Waals surface area contributed by atoms with E-state index in [1.165, 1.54) is 18.0 Å². The number of carbonyl (C=O) groups is 1. The fraction of sp³-hybridized carbons (Fsp3) is 0.194. The van der Waals surface area contributed by atoms with Crippen molar-refractivity contribution >= 4 is 34.9 Å². The number of nitrogens with zero attached hydrogens (tertiary/aromatic N) is 1. The molecule has 0 fully saturated rings. The zero-order valence-electron chi connectivity index (χ0n) is 23.0. The summed E-state index contributed by atoms with van der Waals surface area (Å²) in [4.78, 5) is 15.6. The van der Waals surface area contributed by atoms with E-state index in [0.29, 0.717) is 35.7 Å². The van der Waals surface area contributed by atoms with Gasteiger partial charge in [0.15, 0.2) is 0 Å². The van der Waals surface area contributed by atoms with E-state index in [-0.39, 0.29) is 11.7 Å². The molecule has 0 aliphatic rings. The molecule has 1 amide bonds. The predicted octanol–water partition coefficient (Wildman–Crippen LogP) is 6.54. The highest BCUT2D eigenvalue weighted by atomic mass is 32.2. The van der Waals surface area contributed by atoms with Crippen LogP contribution >= 0.6 is 11.9 Å². The largest absolute Gasteiger partial charge is 0.496 e.